The van der Waals surface area contributed by atoms with Gasteiger partial charge in [-0.15, -0.1) is 11.3 Å². The molecule has 1 N–H and O–H groups in total. The lowest BCUT2D eigenvalue weighted by molar-refractivity contribution is 0.497. The Morgan fingerprint density at radius 3 is 2.65 bits per heavy atom. The number of nitrogens with one attached hydrogen (secondary N) is 1. The van der Waals surface area contributed by atoms with Gasteiger partial charge in [-0.2, -0.15) is 0 Å². The molecule has 0 fully saturated rings. The number of hydrogen-bond donors (Lipinski definition) is 1. The van der Waals surface area contributed by atoms with Crippen molar-refractivity contribution >= 4 is 17.0 Å². The lowest BCUT2D eigenvalue weighted by atomic mass is 10.2. The number of anilines is 1. The molecule has 2 aromatic rings. The highest BCUT2D eigenvalue weighted by Crippen LogP contribution is 2.22. The summed E-state index contributed by atoms with van der Waals surface area (Å²) in [5.41, 5.74) is 0.912. The third kappa shape index (κ3) is 2.61. The van der Waals surface area contributed by atoms with E-state index in [1.165, 1.54) is 11.3 Å². The van der Waals surface area contributed by atoms with Crippen LogP contribution in [0, 0.1) is 24.4 Å². The number of hydrogen-bond acceptors (Lipinski definition) is 2. The Morgan fingerprint density at radius 2 is 2.00 bits per heavy atom. The van der Waals surface area contributed by atoms with Gasteiger partial charge in [0.2, 0.25) is 0 Å². The third-order valence-electron chi connectivity index (χ3n) is 2.40. The first-order valence-electron chi connectivity index (χ1n) is 4.99. The Balaban J connectivity index is 2.17. The number of benzene rings is 1. The third-order valence-corrected chi connectivity index (χ3v) is 3.42. The first-order valence-corrected chi connectivity index (χ1v) is 5.87. The summed E-state index contributed by atoms with van der Waals surface area (Å²) in [6.45, 7) is 2.28. The first kappa shape index (κ1) is 12.0. The fourth-order valence-corrected chi connectivity index (χ4v) is 2.29. The maximum Gasteiger partial charge on any atom is 0.182 e. The molecule has 90 valence electrons. The van der Waals surface area contributed by atoms with Crippen molar-refractivity contribution in [2.75, 3.05) is 5.32 Å². The van der Waals surface area contributed by atoms with E-state index in [2.05, 4.69) is 5.32 Å². The van der Waals surface area contributed by atoms with E-state index in [0.29, 0.717) is 12.6 Å². The van der Waals surface area contributed by atoms with Crippen molar-refractivity contribution in [2.24, 2.45) is 0 Å². The van der Waals surface area contributed by atoms with Crippen molar-refractivity contribution in [3.05, 3.63) is 51.5 Å². The molecule has 0 aliphatic rings. The molecular formula is C12H10F3NS. The van der Waals surface area contributed by atoms with E-state index in [0.717, 1.165) is 16.5 Å². The summed E-state index contributed by atoms with van der Waals surface area (Å²) in [6.07, 6.45) is 0. The van der Waals surface area contributed by atoms with Gasteiger partial charge >= 0.3 is 0 Å². The number of aryl methyl sites for hydroxylation is 1. The van der Waals surface area contributed by atoms with Crippen molar-refractivity contribution in [1.29, 1.82) is 0 Å². The van der Waals surface area contributed by atoms with Crippen LogP contribution >= 0.6 is 11.3 Å². The van der Waals surface area contributed by atoms with Gasteiger partial charge in [-0.3, -0.25) is 0 Å². The predicted octanol–water partition coefficient (Wildman–Crippen LogP) is 4.09. The Labute approximate surface area is 101 Å². The summed E-state index contributed by atoms with van der Waals surface area (Å²) in [4.78, 5) is 1.01. The Bertz CT molecular complexity index is 537. The number of thiophene rings is 1. The van der Waals surface area contributed by atoms with Crippen molar-refractivity contribution in [2.45, 2.75) is 13.5 Å². The molecule has 0 spiro atoms. The Kier molecular flexibility index (Phi) is 3.38. The number of rotatable bonds is 3. The summed E-state index contributed by atoms with van der Waals surface area (Å²) in [5.74, 6) is -3.04. The van der Waals surface area contributed by atoms with E-state index < -0.39 is 17.5 Å². The Morgan fingerprint density at radius 1 is 1.24 bits per heavy atom. The van der Waals surface area contributed by atoms with Crippen LogP contribution in [0.5, 0.6) is 0 Å². The van der Waals surface area contributed by atoms with Crippen LogP contribution in [-0.4, -0.2) is 0 Å². The molecule has 1 aromatic heterocycles. The lowest BCUT2D eigenvalue weighted by Gasteiger charge is -2.07. The van der Waals surface area contributed by atoms with Gasteiger partial charge in [-0.1, -0.05) is 0 Å². The van der Waals surface area contributed by atoms with E-state index >= 15 is 0 Å². The van der Waals surface area contributed by atoms with Gasteiger partial charge in [-0.25, -0.2) is 13.2 Å². The molecule has 0 atom stereocenters. The maximum absolute atomic E-state index is 13.3. The zero-order valence-corrected chi connectivity index (χ0v) is 9.88. The highest BCUT2D eigenvalue weighted by molar-refractivity contribution is 7.10. The fraction of sp³-hybridized carbons (Fsp3) is 0.167. The van der Waals surface area contributed by atoms with Crippen molar-refractivity contribution in [3.63, 3.8) is 0 Å². The summed E-state index contributed by atoms with van der Waals surface area (Å²) in [7, 11) is 0. The van der Waals surface area contributed by atoms with Crippen LogP contribution in [-0.2, 0) is 6.54 Å². The minimum Gasteiger partial charge on any atom is -0.378 e. The Hall–Kier alpha value is -1.49. The van der Waals surface area contributed by atoms with Gasteiger partial charge in [-0.05, 0) is 23.9 Å². The summed E-state index contributed by atoms with van der Waals surface area (Å²) < 4.78 is 39.2. The smallest absolute Gasteiger partial charge is 0.182 e. The topological polar surface area (TPSA) is 12.0 Å². The average molecular weight is 257 g/mol. The molecule has 0 unspecified atom stereocenters. The van der Waals surface area contributed by atoms with Gasteiger partial charge < -0.3 is 5.32 Å². The number of halogens is 3. The van der Waals surface area contributed by atoms with E-state index in [1.807, 2.05) is 18.4 Å². The van der Waals surface area contributed by atoms with Crippen LogP contribution < -0.4 is 5.32 Å². The van der Waals surface area contributed by atoms with Gasteiger partial charge in [0.1, 0.15) is 5.82 Å². The molecule has 0 aliphatic carbocycles. The zero-order chi connectivity index (χ0) is 12.4. The van der Waals surface area contributed by atoms with Gasteiger partial charge in [0, 0.05) is 23.6 Å². The first-order chi connectivity index (χ1) is 8.08. The van der Waals surface area contributed by atoms with Gasteiger partial charge in [0.15, 0.2) is 11.6 Å². The molecule has 1 nitrogen and oxygen atoms in total. The maximum atomic E-state index is 13.3. The molecule has 5 heteroatoms. The normalized spacial score (nSPS) is 10.6. The van der Waals surface area contributed by atoms with E-state index in [-0.39, 0.29) is 5.69 Å². The predicted molar refractivity (Wildman–Crippen MR) is 62.7 cm³/mol. The highest BCUT2D eigenvalue weighted by Gasteiger charge is 2.11. The molecule has 0 saturated heterocycles. The second-order valence-corrected chi connectivity index (χ2v) is 4.63. The molecule has 1 aromatic carbocycles. The van der Waals surface area contributed by atoms with E-state index in [4.69, 9.17) is 0 Å². The minimum atomic E-state index is -1.18. The van der Waals surface area contributed by atoms with Crippen molar-refractivity contribution < 1.29 is 13.2 Å². The van der Waals surface area contributed by atoms with Crippen LogP contribution in [0.4, 0.5) is 18.9 Å². The monoisotopic (exact) mass is 257 g/mol. The second-order valence-electron chi connectivity index (χ2n) is 3.63. The van der Waals surface area contributed by atoms with Crippen LogP contribution in [0.3, 0.4) is 0 Å². The molecule has 0 aliphatic heterocycles. The van der Waals surface area contributed by atoms with Crippen molar-refractivity contribution in [1.82, 2.24) is 0 Å². The minimum absolute atomic E-state index is 0.157. The molecule has 0 saturated carbocycles. The van der Waals surface area contributed by atoms with Gasteiger partial charge in [0.05, 0.1) is 5.69 Å². The fourth-order valence-electron chi connectivity index (χ4n) is 1.45. The standard InChI is InChI=1S/C12H10F3NS/c1-7-2-3-17-11(7)6-16-10-5-8(13)4-9(14)12(10)15/h2-5,16H,6H2,1H3. The van der Waals surface area contributed by atoms with Crippen molar-refractivity contribution in [3.8, 4) is 0 Å². The van der Waals surface area contributed by atoms with E-state index in [9.17, 15) is 13.2 Å². The SMILES string of the molecule is Cc1ccsc1CNc1cc(F)cc(F)c1F. The molecule has 0 amide bonds. The zero-order valence-electron chi connectivity index (χ0n) is 9.06. The highest BCUT2D eigenvalue weighted by atomic mass is 32.1. The molecule has 0 bridgehead atoms. The quantitative estimate of drug-likeness (QED) is 0.817. The molecular weight excluding hydrogens is 247 g/mol. The molecule has 17 heavy (non-hydrogen) atoms. The summed E-state index contributed by atoms with van der Waals surface area (Å²) in [6, 6.07) is 3.41. The van der Waals surface area contributed by atoms with Gasteiger partial charge in [0.25, 0.3) is 0 Å². The van der Waals surface area contributed by atoms with Crippen LogP contribution in [0.15, 0.2) is 23.6 Å². The largest absolute Gasteiger partial charge is 0.378 e. The van der Waals surface area contributed by atoms with Crippen LogP contribution in [0.2, 0.25) is 0 Å². The molecule has 0 radical (unpaired) electrons. The second kappa shape index (κ2) is 4.79. The average Bonchev–Trinajstić information content (AvgIpc) is 2.67. The summed E-state index contributed by atoms with van der Waals surface area (Å²) in [5, 5.41) is 4.60. The molecule has 2 rings (SSSR count). The van der Waals surface area contributed by atoms with Crippen LogP contribution in [0.25, 0.3) is 0 Å². The summed E-state index contributed by atoms with van der Waals surface area (Å²) >= 11 is 1.51. The lowest BCUT2D eigenvalue weighted by Crippen LogP contribution is -2.03. The van der Waals surface area contributed by atoms with Crippen LogP contribution in [0.1, 0.15) is 10.4 Å². The van der Waals surface area contributed by atoms with E-state index in [1.54, 1.807) is 0 Å². The molecule has 1 heterocycles.